The number of benzene rings is 1. The molecule has 1 saturated heterocycles. The molecule has 0 bridgehead atoms. The van der Waals surface area contributed by atoms with Crippen molar-refractivity contribution < 1.29 is 0 Å². The first kappa shape index (κ1) is 14.8. The lowest BCUT2D eigenvalue weighted by molar-refractivity contribution is 0.314. The maximum absolute atomic E-state index is 9.37. The molecule has 1 fully saturated rings. The zero-order valence-corrected chi connectivity index (χ0v) is 12.7. The van der Waals surface area contributed by atoms with Crippen LogP contribution in [0, 0.1) is 11.3 Å². The van der Waals surface area contributed by atoms with Crippen molar-refractivity contribution in [3.8, 4) is 6.07 Å². The lowest BCUT2D eigenvalue weighted by Crippen LogP contribution is -2.36. The summed E-state index contributed by atoms with van der Waals surface area (Å²) < 4.78 is 0. The fourth-order valence-corrected chi connectivity index (χ4v) is 2.94. The van der Waals surface area contributed by atoms with Gasteiger partial charge in [0.05, 0.1) is 11.3 Å². The monoisotopic (exact) mass is 272 g/mol. The van der Waals surface area contributed by atoms with E-state index in [9.17, 15) is 5.26 Å². The van der Waals surface area contributed by atoms with E-state index in [1.807, 2.05) is 13.1 Å². The Morgan fingerprint density at radius 3 is 2.90 bits per heavy atom. The molecule has 0 radical (unpaired) electrons. The molecule has 4 nitrogen and oxygen atoms in total. The Bertz CT molecular complexity index is 492. The molecule has 1 aromatic rings. The number of nitriles is 1. The summed E-state index contributed by atoms with van der Waals surface area (Å²) in [5.74, 6) is 0. The van der Waals surface area contributed by atoms with Crippen LogP contribution in [-0.2, 0) is 6.54 Å². The van der Waals surface area contributed by atoms with Crippen molar-refractivity contribution in [1.29, 1.82) is 5.26 Å². The lowest BCUT2D eigenvalue weighted by Gasteiger charge is -2.28. The Morgan fingerprint density at radius 1 is 1.50 bits per heavy atom. The van der Waals surface area contributed by atoms with Crippen molar-refractivity contribution in [1.82, 2.24) is 10.2 Å². The third kappa shape index (κ3) is 3.30. The van der Waals surface area contributed by atoms with Gasteiger partial charge < -0.3 is 15.1 Å². The summed E-state index contributed by atoms with van der Waals surface area (Å²) in [6, 6.07) is 9.08. The summed E-state index contributed by atoms with van der Waals surface area (Å²) in [4.78, 5) is 4.63. The molecule has 4 heteroatoms. The highest BCUT2D eigenvalue weighted by molar-refractivity contribution is 5.60. The minimum Gasteiger partial charge on any atom is -0.372 e. The van der Waals surface area contributed by atoms with Crippen molar-refractivity contribution in [2.45, 2.75) is 25.4 Å². The Balaban J connectivity index is 2.12. The van der Waals surface area contributed by atoms with E-state index in [1.54, 1.807) is 0 Å². The second-order valence-corrected chi connectivity index (χ2v) is 5.65. The molecule has 1 unspecified atom stereocenters. The number of likely N-dealkylation sites (tertiary alicyclic amines) is 1. The van der Waals surface area contributed by atoms with E-state index in [-0.39, 0.29) is 0 Å². The van der Waals surface area contributed by atoms with Crippen LogP contribution in [-0.4, -0.2) is 45.2 Å². The molecule has 0 amide bonds. The molecule has 1 aromatic carbocycles. The van der Waals surface area contributed by atoms with Gasteiger partial charge in [-0.15, -0.1) is 0 Å². The Kier molecular flexibility index (Phi) is 4.99. The van der Waals surface area contributed by atoms with Crippen LogP contribution >= 0.6 is 0 Å². The smallest absolute Gasteiger partial charge is 0.101 e. The Morgan fingerprint density at radius 2 is 2.30 bits per heavy atom. The normalized spacial score (nSPS) is 19.0. The fraction of sp³-hybridized carbons (Fsp3) is 0.562. The van der Waals surface area contributed by atoms with Gasteiger partial charge in [0, 0.05) is 26.2 Å². The van der Waals surface area contributed by atoms with E-state index in [2.05, 4.69) is 47.4 Å². The number of rotatable bonds is 5. The molecule has 0 aromatic heterocycles. The molecule has 1 atom stereocenters. The molecule has 1 N–H and O–H groups in total. The number of nitrogens with zero attached hydrogens (tertiary/aromatic N) is 3. The van der Waals surface area contributed by atoms with E-state index < -0.39 is 0 Å². The first-order valence-electron chi connectivity index (χ1n) is 7.24. The number of anilines is 1. The highest BCUT2D eigenvalue weighted by atomic mass is 15.2. The summed E-state index contributed by atoms with van der Waals surface area (Å²) in [5, 5.41) is 12.5. The second kappa shape index (κ2) is 6.74. The average Bonchev–Trinajstić information content (AvgIpc) is 2.84. The van der Waals surface area contributed by atoms with E-state index in [4.69, 9.17) is 0 Å². The zero-order chi connectivity index (χ0) is 14.5. The van der Waals surface area contributed by atoms with Crippen LogP contribution in [0.5, 0.6) is 0 Å². The van der Waals surface area contributed by atoms with Crippen LogP contribution in [0.2, 0.25) is 0 Å². The largest absolute Gasteiger partial charge is 0.372 e. The maximum atomic E-state index is 9.37. The summed E-state index contributed by atoms with van der Waals surface area (Å²) in [6.07, 6.45) is 2.53. The molecule has 0 aliphatic carbocycles. The molecule has 1 heterocycles. The van der Waals surface area contributed by atoms with Crippen molar-refractivity contribution in [2.75, 3.05) is 39.1 Å². The standard InChI is InChI=1S/C16H24N4/c1-18-11-13-6-7-16(14(9-13)10-17)20(3)12-15-5-4-8-19(15)2/h6-7,9,15,18H,4-5,8,11-12H2,1-3H3. The summed E-state index contributed by atoms with van der Waals surface area (Å²) >= 11 is 0. The van der Waals surface area contributed by atoms with Gasteiger partial charge in [0.15, 0.2) is 0 Å². The SMILES string of the molecule is CNCc1ccc(N(C)CC2CCCN2C)c(C#N)c1. The molecule has 1 aliphatic heterocycles. The van der Waals surface area contributed by atoms with E-state index >= 15 is 0 Å². The van der Waals surface area contributed by atoms with Crippen molar-refractivity contribution in [3.63, 3.8) is 0 Å². The van der Waals surface area contributed by atoms with Gasteiger partial charge in [-0.05, 0) is 51.2 Å². The van der Waals surface area contributed by atoms with Gasteiger partial charge in [0.25, 0.3) is 0 Å². The third-order valence-corrected chi connectivity index (χ3v) is 4.13. The highest BCUT2D eigenvalue weighted by Gasteiger charge is 2.22. The summed E-state index contributed by atoms with van der Waals surface area (Å²) in [5.41, 5.74) is 2.95. The first-order valence-corrected chi connectivity index (χ1v) is 7.24. The molecular formula is C16H24N4. The van der Waals surface area contributed by atoms with Gasteiger partial charge in [-0.3, -0.25) is 0 Å². The molecule has 2 rings (SSSR count). The number of hydrogen-bond acceptors (Lipinski definition) is 4. The Labute approximate surface area is 122 Å². The van der Waals surface area contributed by atoms with Crippen LogP contribution in [0.4, 0.5) is 5.69 Å². The summed E-state index contributed by atoms with van der Waals surface area (Å²) in [7, 11) is 6.19. The van der Waals surface area contributed by atoms with Crippen molar-refractivity contribution >= 4 is 5.69 Å². The van der Waals surface area contributed by atoms with E-state index in [0.717, 1.165) is 29.9 Å². The zero-order valence-electron chi connectivity index (χ0n) is 12.7. The quantitative estimate of drug-likeness (QED) is 0.887. The second-order valence-electron chi connectivity index (χ2n) is 5.65. The molecule has 0 saturated carbocycles. The molecule has 1 aliphatic rings. The van der Waals surface area contributed by atoms with Gasteiger partial charge >= 0.3 is 0 Å². The first-order chi connectivity index (χ1) is 9.65. The topological polar surface area (TPSA) is 42.3 Å². The predicted molar refractivity (Wildman–Crippen MR) is 82.8 cm³/mol. The van der Waals surface area contributed by atoms with Gasteiger partial charge in [0.2, 0.25) is 0 Å². The van der Waals surface area contributed by atoms with E-state index in [1.165, 1.54) is 19.4 Å². The maximum Gasteiger partial charge on any atom is 0.101 e. The summed E-state index contributed by atoms with van der Waals surface area (Å²) in [6.45, 7) is 2.96. The van der Waals surface area contributed by atoms with Crippen molar-refractivity contribution in [3.05, 3.63) is 29.3 Å². The predicted octanol–water partition coefficient (Wildman–Crippen LogP) is 1.81. The van der Waals surface area contributed by atoms with Crippen molar-refractivity contribution in [2.24, 2.45) is 0 Å². The molecule has 108 valence electrons. The van der Waals surface area contributed by atoms with Crippen LogP contribution in [0.1, 0.15) is 24.0 Å². The lowest BCUT2D eigenvalue weighted by atomic mass is 10.1. The number of nitrogens with one attached hydrogen (secondary N) is 1. The average molecular weight is 272 g/mol. The minimum atomic E-state index is 0.600. The number of likely N-dealkylation sites (N-methyl/N-ethyl adjacent to an activating group) is 2. The van der Waals surface area contributed by atoms with Crippen LogP contribution in [0.15, 0.2) is 18.2 Å². The van der Waals surface area contributed by atoms with Gasteiger partial charge in [-0.25, -0.2) is 0 Å². The molecule has 0 spiro atoms. The fourth-order valence-electron chi connectivity index (χ4n) is 2.94. The van der Waals surface area contributed by atoms with Gasteiger partial charge in [-0.2, -0.15) is 5.26 Å². The Hall–Kier alpha value is -1.57. The molecule has 20 heavy (non-hydrogen) atoms. The third-order valence-electron chi connectivity index (χ3n) is 4.13. The van der Waals surface area contributed by atoms with E-state index in [0.29, 0.717) is 6.04 Å². The van der Waals surface area contributed by atoms with Crippen LogP contribution in [0.25, 0.3) is 0 Å². The van der Waals surface area contributed by atoms with Crippen LogP contribution in [0.3, 0.4) is 0 Å². The number of hydrogen-bond donors (Lipinski definition) is 1. The minimum absolute atomic E-state index is 0.600. The van der Waals surface area contributed by atoms with Crippen LogP contribution < -0.4 is 10.2 Å². The highest BCUT2D eigenvalue weighted by Crippen LogP contribution is 2.23. The molecular weight excluding hydrogens is 248 g/mol. The van der Waals surface area contributed by atoms with Gasteiger partial charge in [-0.1, -0.05) is 6.07 Å². The van der Waals surface area contributed by atoms with Gasteiger partial charge in [0.1, 0.15) is 6.07 Å².